The summed E-state index contributed by atoms with van der Waals surface area (Å²) >= 11 is 0. The van der Waals surface area contributed by atoms with Crippen LogP contribution in [-0.2, 0) is 11.2 Å². The van der Waals surface area contributed by atoms with E-state index in [4.69, 9.17) is 4.74 Å². The first kappa shape index (κ1) is 14.8. The number of fused-ring (bicyclic) bond motifs is 1. The summed E-state index contributed by atoms with van der Waals surface area (Å²) in [4.78, 5) is 13.9. The van der Waals surface area contributed by atoms with Crippen molar-refractivity contribution in [3.8, 4) is 0 Å². The molecule has 1 heterocycles. The summed E-state index contributed by atoms with van der Waals surface area (Å²) in [5.74, 6) is -0.221. The molecule has 110 valence electrons. The molecule has 1 amide bonds. The van der Waals surface area contributed by atoms with Crippen LogP contribution < -0.4 is 0 Å². The minimum Gasteiger partial charge on any atom is -0.444 e. The number of aryl methyl sites for hydroxylation is 1. The molecule has 0 unspecified atom stereocenters. The minimum atomic E-state index is -0.518. The summed E-state index contributed by atoms with van der Waals surface area (Å²) in [5.41, 5.74) is 2.14. The fourth-order valence-electron chi connectivity index (χ4n) is 2.53. The van der Waals surface area contributed by atoms with Gasteiger partial charge in [0.1, 0.15) is 11.4 Å². The van der Waals surface area contributed by atoms with Crippen LogP contribution in [0, 0.1) is 12.7 Å². The maximum Gasteiger partial charge on any atom is 0.410 e. The van der Waals surface area contributed by atoms with Crippen molar-refractivity contribution in [3.05, 3.63) is 34.6 Å². The first-order chi connectivity index (χ1) is 9.19. The maximum absolute atomic E-state index is 13.7. The second kappa shape index (κ2) is 5.08. The van der Waals surface area contributed by atoms with Gasteiger partial charge in [0.15, 0.2) is 0 Å². The Morgan fingerprint density at radius 2 is 2.05 bits per heavy atom. The van der Waals surface area contributed by atoms with Gasteiger partial charge in [0.2, 0.25) is 0 Å². The zero-order chi connectivity index (χ0) is 15.1. The molecule has 0 aliphatic carbocycles. The van der Waals surface area contributed by atoms with Gasteiger partial charge in [-0.3, -0.25) is 0 Å². The van der Waals surface area contributed by atoms with Crippen molar-refractivity contribution in [2.75, 3.05) is 6.54 Å². The van der Waals surface area contributed by atoms with E-state index >= 15 is 0 Å². The van der Waals surface area contributed by atoms with Crippen LogP contribution in [0.15, 0.2) is 12.1 Å². The van der Waals surface area contributed by atoms with E-state index in [1.54, 1.807) is 17.9 Å². The van der Waals surface area contributed by atoms with E-state index < -0.39 is 5.60 Å². The van der Waals surface area contributed by atoms with Crippen molar-refractivity contribution in [2.45, 2.75) is 52.7 Å². The van der Waals surface area contributed by atoms with E-state index in [1.807, 2.05) is 33.8 Å². The Hall–Kier alpha value is -1.58. The number of carbonyl (C=O) groups excluding carboxylic acids is 1. The van der Waals surface area contributed by atoms with Crippen LogP contribution >= 0.6 is 0 Å². The molecule has 0 bridgehead atoms. The van der Waals surface area contributed by atoms with E-state index in [1.165, 1.54) is 0 Å². The van der Waals surface area contributed by atoms with Crippen LogP contribution in [0.5, 0.6) is 0 Å². The van der Waals surface area contributed by atoms with Crippen molar-refractivity contribution in [1.29, 1.82) is 0 Å². The molecule has 0 N–H and O–H groups in total. The van der Waals surface area contributed by atoms with Gasteiger partial charge in [-0.2, -0.15) is 0 Å². The van der Waals surface area contributed by atoms with E-state index in [9.17, 15) is 9.18 Å². The molecule has 1 atom stereocenters. The number of carbonyl (C=O) groups is 1. The summed E-state index contributed by atoms with van der Waals surface area (Å²) in [6, 6.07) is 3.27. The molecule has 3 nitrogen and oxygen atoms in total. The standard InChI is InChI=1S/C16H22FNO2/c1-10-8-12-6-7-18(15(19)20-16(3,4)5)11(2)13(12)9-14(10)17/h8-9,11H,6-7H2,1-5H3/t11-/m0/s1. The third kappa shape index (κ3) is 2.94. The molecule has 1 aromatic rings. The van der Waals surface area contributed by atoms with Crippen LogP contribution in [-0.4, -0.2) is 23.1 Å². The van der Waals surface area contributed by atoms with E-state index in [0.29, 0.717) is 12.1 Å². The van der Waals surface area contributed by atoms with Crippen LogP contribution in [0.4, 0.5) is 9.18 Å². The van der Waals surface area contributed by atoms with Gasteiger partial charge in [0.05, 0.1) is 6.04 Å². The summed E-state index contributed by atoms with van der Waals surface area (Å²) in [7, 11) is 0. The molecular formula is C16H22FNO2. The van der Waals surface area contributed by atoms with Gasteiger partial charge >= 0.3 is 6.09 Å². The molecule has 1 aliphatic rings. The number of rotatable bonds is 0. The normalized spacial score (nSPS) is 18.7. The molecule has 0 radical (unpaired) electrons. The highest BCUT2D eigenvalue weighted by Gasteiger charge is 2.31. The van der Waals surface area contributed by atoms with Gasteiger partial charge in [-0.15, -0.1) is 0 Å². The Morgan fingerprint density at radius 1 is 1.40 bits per heavy atom. The van der Waals surface area contributed by atoms with Crippen LogP contribution in [0.2, 0.25) is 0 Å². The van der Waals surface area contributed by atoms with Gasteiger partial charge in [-0.25, -0.2) is 9.18 Å². The van der Waals surface area contributed by atoms with Crippen molar-refractivity contribution >= 4 is 6.09 Å². The Balaban J connectivity index is 2.25. The smallest absolute Gasteiger partial charge is 0.410 e. The van der Waals surface area contributed by atoms with Gasteiger partial charge in [-0.1, -0.05) is 6.07 Å². The number of ether oxygens (including phenoxy) is 1. The number of nitrogens with zero attached hydrogens (tertiary/aromatic N) is 1. The molecule has 0 saturated carbocycles. The highest BCUT2D eigenvalue weighted by atomic mass is 19.1. The van der Waals surface area contributed by atoms with Crippen molar-refractivity contribution in [3.63, 3.8) is 0 Å². The van der Waals surface area contributed by atoms with Gasteiger partial charge in [0, 0.05) is 6.54 Å². The molecule has 4 heteroatoms. The van der Waals surface area contributed by atoms with Crippen LogP contribution in [0.1, 0.15) is 50.4 Å². The maximum atomic E-state index is 13.7. The van der Waals surface area contributed by atoms with Crippen molar-refractivity contribution in [1.82, 2.24) is 4.90 Å². The zero-order valence-corrected chi connectivity index (χ0v) is 12.8. The average Bonchev–Trinajstić information content (AvgIpc) is 2.30. The third-order valence-electron chi connectivity index (χ3n) is 3.59. The topological polar surface area (TPSA) is 29.5 Å². The lowest BCUT2D eigenvalue weighted by Crippen LogP contribution is -2.42. The van der Waals surface area contributed by atoms with Gasteiger partial charge in [0.25, 0.3) is 0 Å². The van der Waals surface area contributed by atoms with Gasteiger partial charge < -0.3 is 9.64 Å². The minimum absolute atomic E-state index is 0.163. The lowest BCUT2D eigenvalue weighted by atomic mass is 9.92. The molecule has 0 spiro atoms. The van der Waals surface area contributed by atoms with E-state index in [2.05, 4.69) is 0 Å². The molecule has 20 heavy (non-hydrogen) atoms. The predicted molar refractivity (Wildman–Crippen MR) is 76.2 cm³/mol. The molecule has 0 aromatic heterocycles. The Bertz CT molecular complexity index is 534. The first-order valence-electron chi connectivity index (χ1n) is 6.97. The molecule has 2 rings (SSSR count). The molecule has 1 aromatic carbocycles. The summed E-state index contributed by atoms with van der Waals surface area (Å²) in [5, 5.41) is 0. The Kier molecular flexibility index (Phi) is 3.76. The van der Waals surface area contributed by atoms with Crippen LogP contribution in [0.3, 0.4) is 0 Å². The number of benzene rings is 1. The second-order valence-corrected chi connectivity index (χ2v) is 6.40. The van der Waals surface area contributed by atoms with Crippen LogP contribution in [0.25, 0.3) is 0 Å². The highest BCUT2D eigenvalue weighted by Crippen LogP contribution is 2.32. The Morgan fingerprint density at radius 3 is 2.65 bits per heavy atom. The van der Waals surface area contributed by atoms with E-state index in [0.717, 1.165) is 17.5 Å². The van der Waals surface area contributed by atoms with Gasteiger partial charge in [-0.05, 0) is 63.8 Å². The SMILES string of the molecule is Cc1cc2c(cc1F)[C@H](C)N(C(=O)OC(C)(C)C)CC2. The van der Waals surface area contributed by atoms with Crippen molar-refractivity contribution in [2.24, 2.45) is 0 Å². The highest BCUT2D eigenvalue weighted by molar-refractivity contribution is 5.69. The average molecular weight is 279 g/mol. The molecule has 0 saturated heterocycles. The second-order valence-electron chi connectivity index (χ2n) is 6.40. The van der Waals surface area contributed by atoms with E-state index in [-0.39, 0.29) is 18.0 Å². The molecular weight excluding hydrogens is 257 g/mol. The quantitative estimate of drug-likeness (QED) is 0.718. The third-order valence-corrected chi connectivity index (χ3v) is 3.59. The molecule has 1 aliphatic heterocycles. The lowest BCUT2D eigenvalue weighted by Gasteiger charge is -2.36. The fraction of sp³-hybridized carbons (Fsp3) is 0.562. The summed E-state index contributed by atoms with van der Waals surface area (Å²) < 4.78 is 19.2. The summed E-state index contributed by atoms with van der Waals surface area (Å²) in [6.07, 6.45) is 0.400. The zero-order valence-electron chi connectivity index (χ0n) is 12.8. The Labute approximate surface area is 119 Å². The first-order valence-corrected chi connectivity index (χ1v) is 6.97. The molecule has 0 fully saturated rings. The monoisotopic (exact) mass is 279 g/mol. The number of hydrogen-bond donors (Lipinski definition) is 0. The number of amides is 1. The largest absolute Gasteiger partial charge is 0.444 e. The van der Waals surface area contributed by atoms with Crippen molar-refractivity contribution < 1.29 is 13.9 Å². The summed E-state index contributed by atoms with van der Waals surface area (Å²) in [6.45, 7) is 9.81. The number of hydrogen-bond acceptors (Lipinski definition) is 2. The predicted octanol–water partition coefficient (Wildman–Crippen LogP) is 3.99. The fourth-order valence-corrected chi connectivity index (χ4v) is 2.53. The number of halogens is 1. The lowest BCUT2D eigenvalue weighted by molar-refractivity contribution is 0.0159.